The first-order chi connectivity index (χ1) is 9.62. The molecule has 2 rings (SSSR count). The fraction of sp³-hybridized carbons (Fsp3) is 0.385. The second-order valence-electron chi connectivity index (χ2n) is 4.33. The minimum Gasteiger partial charge on any atom is -0.373 e. The first kappa shape index (κ1) is 14.0. The van der Waals surface area contributed by atoms with E-state index in [1.807, 2.05) is 0 Å². The third-order valence-electron chi connectivity index (χ3n) is 2.65. The Morgan fingerprint density at radius 2 is 2.15 bits per heavy atom. The van der Waals surface area contributed by atoms with Gasteiger partial charge in [-0.15, -0.1) is 0 Å². The van der Waals surface area contributed by atoms with Gasteiger partial charge >= 0.3 is 6.01 Å². The zero-order valence-corrected chi connectivity index (χ0v) is 11.7. The van der Waals surface area contributed by atoms with Crippen LogP contribution in [0.4, 0.5) is 11.8 Å². The third-order valence-corrected chi connectivity index (χ3v) is 2.65. The lowest BCUT2D eigenvalue weighted by molar-refractivity contribution is 0.102. The van der Waals surface area contributed by atoms with Crippen LogP contribution in [0, 0.1) is 6.92 Å². The Hall–Kier alpha value is -2.44. The maximum absolute atomic E-state index is 12.2. The number of carbonyl (C=O) groups excluding carboxylic acids is 1. The molecule has 0 bridgehead atoms. The maximum atomic E-state index is 12.2. The van der Waals surface area contributed by atoms with Crippen LogP contribution < -0.4 is 10.6 Å². The molecular formula is C13H17N5O2. The molecule has 0 atom stereocenters. The van der Waals surface area contributed by atoms with Crippen LogP contribution in [-0.2, 0) is 6.42 Å². The highest BCUT2D eigenvalue weighted by molar-refractivity contribution is 6.03. The molecule has 106 valence electrons. The van der Waals surface area contributed by atoms with Crippen molar-refractivity contribution in [2.75, 3.05) is 17.7 Å². The molecule has 0 aromatic carbocycles. The van der Waals surface area contributed by atoms with E-state index in [2.05, 4.69) is 32.7 Å². The highest BCUT2D eigenvalue weighted by atomic mass is 16.5. The van der Waals surface area contributed by atoms with Crippen molar-refractivity contribution in [3.8, 4) is 0 Å². The van der Waals surface area contributed by atoms with Crippen LogP contribution in [0.3, 0.4) is 0 Å². The minimum absolute atomic E-state index is 0.0901. The van der Waals surface area contributed by atoms with E-state index in [1.54, 1.807) is 26.1 Å². The summed E-state index contributed by atoms with van der Waals surface area (Å²) in [5.74, 6) is 0.824. The van der Waals surface area contributed by atoms with Gasteiger partial charge in [0.2, 0.25) is 0 Å². The molecule has 1 amide bonds. The van der Waals surface area contributed by atoms with Crippen LogP contribution >= 0.6 is 0 Å². The van der Waals surface area contributed by atoms with Crippen LogP contribution in [0.1, 0.15) is 35.2 Å². The van der Waals surface area contributed by atoms with Crippen molar-refractivity contribution in [1.82, 2.24) is 15.1 Å². The molecule has 2 aromatic rings. The lowest BCUT2D eigenvalue weighted by Gasteiger charge is -2.07. The zero-order valence-electron chi connectivity index (χ0n) is 11.7. The molecule has 0 aliphatic rings. The van der Waals surface area contributed by atoms with E-state index in [9.17, 15) is 4.79 Å². The van der Waals surface area contributed by atoms with Crippen LogP contribution in [0.25, 0.3) is 0 Å². The molecule has 7 heteroatoms. The normalized spacial score (nSPS) is 10.3. The average molecular weight is 275 g/mol. The standard InChI is InChI=1S/C13H17N5O2/c1-4-5-10-6-9(7-11(14-3)16-10)12(19)17-13-15-8(2)18-20-13/h6-7H,4-5H2,1-3H3,(H,14,16)(H,15,17,18,19). The second-order valence-corrected chi connectivity index (χ2v) is 4.33. The number of rotatable bonds is 5. The monoisotopic (exact) mass is 275 g/mol. The molecule has 20 heavy (non-hydrogen) atoms. The van der Waals surface area contributed by atoms with Gasteiger partial charge in [-0.05, 0) is 25.5 Å². The highest BCUT2D eigenvalue weighted by Crippen LogP contribution is 2.13. The Bertz CT molecular complexity index is 609. The fourth-order valence-electron chi connectivity index (χ4n) is 1.75. The summed E-state index contributed by atoms with van der Waals surface area (Å²) in [6, 6.07) is 3.54. The Morgan fingerprint density at radius 1 is 1.35 bits per heavy atom. The second kappa shape index (κ2) is 6.14. The summed E-state index contributed by atoms with van der Waals surface area (Å²) < 4.78 is 4.87. The zero-order chi connectivity index (χ0) is 14.5. The number of hydrogen-bond acceptors (Lipinski definition) is 6. The topological polar surface area (TPSA) is 92.9 Å². The van der Waals surface area contributed by atoms with Crippen molar-refractivity contribution in [2.45, 2.75) is 26.7 Å². The number of aromatic nitrogens is 3. The maximum Gasteiger partial charge on any atom is 0.328 e. The van der Waals surface area contributed by atoms with Gasteiger partial charge in [-0.3, -0.25) is 10.1 Å². The molecule has 0 saturated carbocycles. The van der Waals surface area contributed by atoms with E-state index in [-0.39, 0.29) is 11.9 Å². The lowest BCUT2D eigenvalue weighted by Crippen LogP contribution is -2.13. The smallest absolute Gasteiger partial charge is 0.328 e. The van der Waals surface area contributed by atoms with Gasteiger partial charge < -0.3 is 9.84 Å². The van der Waals surface area contributed by atoms with Crippen LogP contribution in [0.2, 0.25) is 0 Å². The Morgan fingerprint density at radius 3 is 2.75 bits per heavy atom. The summed E-state index contributed by atoms with van der Waals surface area (Å²) in [6.07, 6.45) is 1.78. The Kier molecular flexibility index (Phi) is 4.29. The number of aryl methyl sites for hydroxylation is 2. The molecule has 0 saturated heterocycles. The van der Waals surface area contributed by atoms with Gasteiger partial charge in [-0.1, -0.05) is 18.5 Å². The van der Waals surface area contributed by atoms with Gasteiger partial charge in [0.05, 0.1) is 0 Å². The Balaban J connectivity index is 2.21. The van der Waals surface area contributed by atoms with Crippen molar-refractivity contribution < 1.29 is 9.32 Å². The van der Waals surface area contributed by atoms with Crippen molar-refractivity contribution in [1.29, 1.82) is 0 Å². The number of nitrogens with one attached hydrogen (secondary N) is 2. The third kappa shape index (κ3) is 3.31. The summed E-state index contributed by atoms with van der Waals surface area (Å²) in [4.78, 5) is 20.5. The predicted octanol–water partition coefficient (Wildman–Crippen LogP) is 2.02. The molecule has 2 heterocycles. The Labute approximate surface area is 116 Å². The highest BCUT2D eigenvalue weighted by Gasteiger charge is 2.12. The predicted molar refractivity (Wildman–Crippen MR) is 74.8 cm³/mol. The minimum atomic E-state index is -0.301. The summed E-state index contributed by atoms with van der Waals surface area (Å²) in [5.41, 5.74) is 1.37. The summed E-state index contributed by atoms with van der Waals surface area (Å²) in [7, 11) is 1.76. The van der Waals surface area contributed by atoms with E-state index in [4.69, 9.17) is 4.52 Å². The SMILES string of the molecule is CCCc1cc(C(=O)Nc2nc(C)no2)cc(NC)n1. The van der Waals surface area contributed by atoms with Gasteiger partial charge in [-0.25, -0.2) is 4.98 Å². The number of amides is 1. The van der Waals surface area contributed by atoms with Crippen molar-refractivity contribution in [3.05, 3.63) is 29.2 Å². The molecule has 7 nitrogen and oxygen atoms in total. The van der Waals surface area contributed by atoms with Crippen LogP contribution in [0.5, 0.6) is 0 Å². The number of anilines is 2. The number of hydrogen-bond donors (Lipinski definition) is 2. The van der Waals surface area contributed by atoms with Crippen LogP contribution in [0.15, 0.2) is 16.7 Å². The largest absolute Gasteiger partial charge is 0.373 e. The molecule has 0 unspecified atom stereocenters. The molecule has 0 aliphatic carbocycles. The van der Waals surface area contributed by atoms with E-state index in [0.29, 0.717) is 17.2 Å². The van der Waals surface area contributed by atoms with E-state index in [1.165, 1.54) is 0 Å². The van der Waals surface area contributed by atoms with Gasteiger partial charge in [0.1, 0.15) is 5.82 Å². The molecule has 0 aliphatic heterocycles. The summed E-state index contributed by atoms with van der Waals surface area (Å²) in [6.45, 7) is 3.75. The van der Waals surface area contributed by atoms with Crippen molar-refractivity contribution in [3.63, 3.8) is 0 Å². The van der Waals surface area contributed by atoms with Crippen molar-refractivity contribution >= 4 is 17.7 Å². The first-order valence-electron chi connectivity index (χ1n) is 6.42. The van der Waals surface area contributed by atoms with Crippen LogP contribution in [-0.4, -0.2) is 28.1 Å². The molecular weight excluding hydrogens is 258 g/mol. The molecule has 2 aromatic heterocycles. The molecule has 0 spiro atoms. The van der Waals surface area contributed by atoms with E-state index in [0.717, 1.165) is 18.5 Å². The summed E-state index contributed by atoms with van der Waals surface area (Å²) in [5, 5.41) is 9.13. The average Bonchev–Trinajstić information content (AvgIpc) is 2.84. The van der Waals surface area contributed by atoms with E-state index < -0.39 is 0 Å². The lowest BCUT2D eigenvalue weighted by atomic mass is 10.1. The molecule has 0 radical (unpaired) electrons. The molecule has 2 N–H and O–H groups in total. The van der Waals surface area contributed by atoms with Gasteiger partial charge in [-0.2, -0.15) is 4.98 Å². The first-order valence-corrected chi connectivity index (χ1v) is 6.42. The molecule has 0 fully saturated rings. The van der Waals surface area contributed by atoms with Gasteiger partial charge in [0.15, 0.2) is 5.82 Å². The van der Waals surface area contributed by atoms with Gasteiger partial charge in [0.25, 0.3) is 5.91 Å². The fourth-order valence-corrected chi connectivity index (χ4v) is 1.75. The van der Waals surface area contributed by atoms with Gasteiger partial charge in [0, 0.05) is 18.3 Å². The quantitative estimate of drug-likeness (QED) is 0.867. The van der Waals surface area contributed by atoms with E-state index >= 15 is 0 Å². The number of carbonyl (C=O) groups is 1. The number of pyridine rings is 1. The summed E-state index contributed by atoms with van der Waals surface area (Å²) >= 11 is 0. The number of nitrogens with zero attached hydrogens (tertiary/aromatic N) is 3. The van der Waals surface area contributed by atoms with Crippen molar-refractivity contribution in [2.24, 2.45) is 0 Å².